The molecule has 0 unspecified atom stereocenters. The molecule has 2 aromatic rings. The van der Waals surface area contributed by atoms with Crippen molar-refractivity contribution in [3.05, 3.63) is 47.0 Å². The summed E-state index contributed by atoms with van der Waals surface area (Å²) in [4.78, 5) is 16.0. The third-order valence-corrected chi connectivity index (χ3v) is 2.69. The molecule has 0 aliphatic heterocycles. The van der Waals surface area contributed by atoms with Crippen LogP contribution in [0.25, 0.3) is 0 Å². The largest absolute Gasteiger partial charge is 0.472 e. The number of pyridine rings is 1. The van der Waals surface area contributed by atoms with E-state index < -0.39 is 0 Å². The lowest BCUT2D eigenvalue weighted by Gasteiger charge is -2.07. The molecule has 2 rings (SSSR count). The molecule has 0 aromatic carbocycles. The third-order valence-electron chi connectivity index (χ3n) is 2.39. The van der Waals surface area contributed by atoms with Gasteiger partial charge in [-0.2, -0.15) is 0 Å². The maximum atomic E-state index is 11.9. The number of hydrogen-bond acceptors (Lipinski definition) is 4. The zero-order valence-corrected chi connectivity index (χ0v) is 10.5. The smallest absolute Gasteiger partial charge is 0.253 e. The van der Waals surface area contributed by atoms with E-state index in [2.05, 4.69) is 15.6 Å². The maximum absolute atomic E-state index is 11.9. The summed E-state index contributed by atoms with van der Waals surface area (Å²) in [5.41, 5.74) is 1.28. The van der Waals surface area contributed by atoms with Gasteiger partial charge in [-0.15, -0.1) is 0 Å². The third kappa shape index (κ3) is 2.81. The topological polar surface area (TPSA) is 67.2 Å². The maximum Gasteiger partial charge on any atom is 0.253 e. The zero-order valence-electron chi connectivity index (χ0n) is 9.74. The summed E-state index contributed by atoms with van der Waals surface area (Å²) in [6, 6.07) is 3.39. The van der Waals surface area contributed by atoms with E-state index in [1.54, 1.807) is 31.7 Å². The molecule has 2 N–H and O–H groups in total. The van der Waals surface area contributed by atoms with Gasteiger partial charge in [0.2, 0.25) is 0 Å². The van der Waals surface area contributed by atoms with Crippen molar-refractivity contribution in [2.24, 2.45) is 0 Å². The second-order valence-corrected chi connectivity index (χ2v) is 4.02. The van der Waals surface area contributed by atoms with Gasteiger partial charge in [-0.05, 0) is 12.1 Å². The lowest BCUT2D eigenvalue weighted by atomic mass is 10.2. The summed E-state index contributed by atoms with van der Waals surface area (Å²) in [7, 11) is 1.73. The van der Waals surface area contributed by atoms with E-state index in [4.69, 9.17) is 16.0 Å². The van der Waals surface area contributed by atoms with Crippen molar-refractivity contribution in [2.45, 2.75) is 6.54 Å². The molecule has 18 heavy (non-hydrogen) atoms. The number of aromatic nitrogens is 1. The van der Waals surface area contributed by atoms with E-state index >= 15 is 0 Å². The number of rotatable bonds is 4. The normalized spacial score (nSPS) is 10.1. The van der Waals surface area contributed by atoms with Crippen molar-refractivity contribution in [2.75, 3.05) is 12.4 Å². The highest BCUT2D eigenvalue weighted by molar-refractivity contribution is 6.33. The van der Waals surface area contributed by atoms with Gasteiger partial charge in [0.05, 0.1) is 23.1 Å². The number of carbonyl (C=O) groups excluding carboxylic acids is 1. The van der Waals surface area contributed by atoms with Crippen LogP contribution < -0.4 is 10.6 Å². The minimum absolute atomic E-state index is 0.250. The minimum atomic E-state index is -0.250. The Hall–Kier alpha value is -2.01. The molecule has 2 heterocycles. The number of carbonyl (C=O) groups is 1. The SMILES string of the molecule is CNc1cc(C(=O)NCc2ccoc2)c(Cl)cn1. The van der Waals surface area contributed by atoms with Crippen molar-refractivity contribution >= 4 is 23.3 Å². The van der Waals surface area contributed by atoms with Crippen LogP contribution in [0.2, 0.25) is 5.02 Å². The average Bonchev–Trinajstić information content (AvgIpc) is 2.89. The van der Waals surface area contributed by atoms with Crippen LogP contribution in [0.5, 0.6) is 0 Å². The first kappa shape index (κ1) is 12.4. The molecule has 0 saturated carbocycles. The molecule has 94 valence electrons. The Balaban J connectivity index is 2.08. The molecular formula is C12H12ClN3O2. The number of halogens is 1. The zero-order chi connectivity index (χ0) is 13.0. The van der Waals surface area contributed by atoms with Gasteiger partial charge in [0.1, 0.15) is 5.82 Å². The summed E-state index contributed by atoms with van der Waals surface area (Å²) in [5.74, 6) is 0.341. The van der Waals surface area contributed by atoms with Gasteiger partial charge in [0.15, 0.2) is 0 Å². The van der Waals surface area contributed by atoms with E-state index in [0.29, 0.717) is 22.9 Å². The van der Waals surface area contributed by atoms with E-state index in [0.717, 1.165) is 5.56 Å². The van der Waals surface area contributed by atoms with Gasteiger partial charge in [-0.3, -0.25) is 4.79 Å². The van der Waals surface area contributed by atoms with Gasteiger partial charge < -0.3 is 15.1 Å². The fraction of sp³-hybridized carbons (Fsp3) is 0.167. The van der Waals surface area contributed by atoms with Crippen LogP contribution in [-0.2, 0) is 6.54 Å². The number of furan rings is 1. The Bertz CT molecular complexity index is 540. The Morgan fingerprint density at radius 1 is 1.56 bits per heavy atom. The van der Waals surface area contributed by atoms with Crippen molar-refractivity contribution in [3.8, 4) is 0 Å². The van der Waals surface area contributed by atoms with Crippen molar-refractivity contribution < 1.29 is 9.21 Å². The first-order chi connectivity index (χ1) is 8.70. The molecule has 1 amide bonds. The van der Waals surface area contributed by atoms with Gasteiger partial charge in [0, 0.05) is 25.4 Å². The summed E-state index contributed by atoms with van der Waals surface area (Å²) in [5, 5.41) is 5.93. The number of amides is 1. The predicted molar refractivity (Wildman–Crippen MR) is 68.7 cm³/mol. The number of anilines is 1. The second kappa shape index (κ2) is 5.55. The molecule has 2 aromatic heterocycles. The summed E-state index contributed by atoms with van der Waals surface area (Å²) >= 11 is 5.94. The van der Waals surface area contributed by atoms with Crippen molar-refractivity contribution in [1.29, 1.82) is 0 Å². The molecule has 0 atom stereocenters. The van der Waals surface area contributed by atoms with E-state index in [1.165, 1.54) is 6.20 Å². The lowest BCUT2D eigenvalue weighted by Crippen LogP contribution is -2.23. The van der Waals surface area contributed by atoms with Gasteiger partial charge >= 0.3 is 0 Å². The standard InChI is InChI=1S/C12H12ClN3O2/c1-14-11-4-9(10(13)6-15-11)12(17)16-5-8-2-3-18-7-8/h2-4,6-7H,5H2,1H3,(H,14,15)(H,16,17). The van der Waals surface area contributed by atoms with Crippen molar-refractivity contribution in [1.82, 2.24) is 10.3 Å². The molecular weight excluding hydrogens is 254 g/mol. The quantitative estimate of drug-likeness (QED) is 0.890. The van der Waals surface area contributed by atoms with Crippen LogP contribution in [0.3, 0.4) is 0 Å². The molecule has 5 nitrogen and oxygen atoms in total. The Morgan fingerprint density at radius 3 is 3.06 bits per heavy atom. The molecule has 6 heteroatoms. The molecule has 0 saturated heterocycles. The average molecular weight is 266 g/mol. The van der Waals surface area contributed by atoms with Gasteiger partial charge in [0.25, 0.3) is 5.91 Å². The van der Waals surface area contributed by atoms with Crippen LogP contribution in [-0.4, -0.2) is 17.9 Å². The van der Waals surface area contributed by atoms with Crippen LogP contribution in [0, 0.1) is 0 Å². The second-order valence-electron chi connectivity index (χ2n) is 3.61. The Labute approximate surface area is 109 Å². The minimum Gasteiger partial charge on any atom is -0.472 e. The number of nitrogens with zero attached hydrogens (tertiary/aromatic N) is 1. The van der Waals surface area contributed by atoms with E-state index in [9.17, 15) is 4.79 Å². The lowest BCUT2D eigenvalue weighted by molar-refractivity contribution is 0.0951. The molecule has 0 aliphatic carbocycles. The highest BCUT2D eigenvalue weighted by Gasteiger charge is 2.11. The van der Waals surface area contributed by atoms with E-state index in [-0.39, 0.29) is 5.91 Å². The first-order valence-corrected chi connectivity index (χ1v) is 5.71. The fourth-order valence-corrected chi connectivity index (χ4v) is 1.61. The predicted octanol–water partition coefficient (Wildman–Crippen LogP) is 2.30. The van der Waals surface area contributed by atoms with Gasteiger partial charge in [-0.1, -0.05) is 11.6 Å². The van der Waals surface area contributed by atoms with Crippen LogP contribution in [0.1, 0.15) is 15.9 Å². The Kier molecular flexibility index (Phi) is 3.84. The van der Waals surface area contributed by atoms with Crippen LogP contribution in [0.4, 0.5) is 5.82 Å². The highest BCUT2D eigenvalue weighted by atomic mass is 35.5. The Morgan fingerprint density at radius 2 is 2.39 bits per heavy atom. The number of nitrogens with one attached hydrogen (secondary N) is 2. The molecule has 0 fully saturated rings. The fourth-order valence-electron chi connectivity index (χ4n) is 1.42. The number of hydrogen-bond donors (Lipinski definition) is 2. The van der Waals surface area contributed by atoms with Gasteiger partial charge in [-0.25, -0.2) is 4.98 Å². The first-order valence-electron chi connectivity index (χ1n) is 5.33. The summed E-state index contributed by atoms with van der Waals surface area (Å²) < 4.78 is 4.92. The van der Waals surface area contributed by atoms with Crippen LogP contribution in [0.15, 0.2) is 35.3 Å². The molecule has 0 aliphatic rings. The molecule has 0 bridgehead atoms. The molecule has 0 spiro atoms. The summed E-state index contributed by atoms with van der Waals surface area (Å²) in [6.45, 7) is 0.392. The van der Waals surface area contributed by atoms with Crippen molar-refractivity contribution in [3.63, 3.8) is 0 Å². The monoisotopic (exact) mass is 265 g/mol. The molecule has 0 radical (unpaired) electrons. The van der Waals surface area contributed by atoms with Crippen LogP contribution >= 0.6 is 11.6 Å². The highest BCUT2D eigenvalue weighted by Crippen LogP contribution is 2.17. The summed E-state index contributed by atoms with van der Waals surface area (Å²) in [6.07, 6.45) is 4.58. The van der Waals surface area contributed by atoms with E-state index in [1.807, 2.05) is 0 Å².